The summed E-state index contributed by atoms with van der Waals surface area (Å²) in [6.45, 7) is 1.94. The third-order valence-electron chi connectivity index (χ3n) is 6.08. The molecule has 130 valence electrons. The lowest BCUT2D eigenvalue weighted by Crippen LogP contribution is -2.45. The van der Waals surface area contributed by atoms with Crippen molar-refractivity contribution < 1.29 is 9.59 Å². The quantitative estimate of drug-likeness (QED) is 0.828. The molecular formula is C18H31N3O2. The number of nitrogens with zero attached hydrogens (tertiary/aromatic N) is 1. The van der Waals surface area contributed by atoms with E-state index in [4.69, 9.17) is 0 Å². The Morgan fingerprint density at radius 2 is 1.65 bits per heavy atom. The SMILES string of the molecule is CN(C(=O)C1CCC(NC(=O)C2CCCC2)CC1)C1CCNC1. The van der Waals surface area contributed by atoms with Gasteiger partial charge in [-0.3, -0.25) is 9.59 Å². The lowest BCUT2D eigenvalue weighted by Gasteiger charge is -2.33. The summed E-state index contributed by atoms with van der Waals surface area (Å²) in [6, 6.07) is 0.646. The summed E-state index contributed by atoms with van der Waals surface area (Å²) < 4.78 is 0. The maximum absolute atomic E-state index is 12.6. The molecule has 23 heavy (non-hydrogen) atoms. The predicted octanol–water partition coefficient (Wildman–Crippen LogP) is 1.67. The first-order chi connectivity index (χ1) is 11.1. The average Bonchev–Trinajstić information content (AvgIpc) is 3.27. The minimum Gasteiger partial charge on any atom is -0.353 e. The van der Waals surface area contributed by atoms with Crippen molar-refractivity contribution in [3.05, 3.63) is 0 Å². The molecule has 1 aliphatic heterocycles. The van der Waals surface area contributed by atoms with Crippen LogP contribution in [-0.2, 0) is 9.59 Å². The second-order valence-electron chi connectivity index (χ2n) is 7.63. The average molecular weight is 321 g/mol. The zero-order chi connectivity index (χ0) is 16.2. The smallest absolute Gasteiger partial charge is 0.225 e. The number of amides is 2. The van der Waals surface area contributed by atoms with Crippen molar-refractivity contribution in [2.24, 2.45) is 11.8 Å². The van der Waals surface area contributed by atoms with E-state index in [0.29, 0.717) is 11.9 Å². The van der Waals surface area contributed by atoms with E-state index in [1.807, 2.05) is 11.9 Å². The van der Waals surface area contributed by atoms with Gasteiger partial charge in [0.15, 0.2) is 0 Å². The molecule has 2 aliphatic carbocycles. The molecule has 2 saturated carbocycles. The lowest BCUT2D eigenvalue weighted by molar-refractivity contribution is -0.137. The van der Waals surface area contributed by atoms with Gasteiger partial charge in [-0.2, -0.15) is 0 Å². The molecule has 3 rings (SSSR count). The molecule has 1 atom stereocenters. The highest BCUT2D eigenvalue weighted by atomic mass is 16.2. The van der Waals surface area contributed by atoms with Crippen molar-refractivity contribution in [1.29, 1.82) is 0 Å². The largest absolute Gasteiger partial charge is 0.353 e. The number of likely N-dealkylation sites (N-methyl/N-ethyl adjacent to an activating group) is 1. The Balaban J connectivity index is 1.42. The third kappa shape index (κ3) is 4.06. The van der Waals surface area contributed by atoms with Crippen LogP contribution in [0.15, 0.2) is 0 Å². The van der Waals surface area contributed by atoms with Crippen molar-refractivity contribution in [1.82, 2.24) is 15.5 Å². The summed E-state index contributed by atoms with van der Waals surface area (Å²) >= 11 is 0. The number of nitrogens with one attached hydrogen (secondary N) is 2. The molecule has 0 aromatic carbocycles. The summed E-state index contributed by atoms with van der Waals surface area (Å²) in [4.78, 5) is 26.8. The number of carbonyl (C=O) groups is 2. The van der Waals surface area contributed by atoms with E-state index in [-0.39, 0.29) is 23.8 Å². The molecule has 0 aromatic rings. The van der Waals surface area contributed by atoms with Crippen LogP contribution in [0.25, 0.3) is 0 Å². The van der Waals surface area contributed by atoms with Gasteiger partial charge in [0.05, 0.1) is 0 Å². The van der Waals surface area contributed by atoms with E-state index in [2.05, 4.69) is 10.6 Å². The van der Waals surface area contributed by atoms with Crippen LogP contribution in [0.5, 0.6) is 0 Å². The van der Waals surface area contributed by atoms with Crippen LogP contribution in [-0.4, -0.2) is 48.9 Å². The summed E-state index contributed by atoms with van der Waals surface area (Å²) in [5.74, 6) is 0.960. The maximum Gasteiger partial charge on any atom is 0.225 e. The Kier molecular flexibility index (Phi) is 5.57. The van der Waals surface area contributed by atoms with Gasteiger partial charge in [0, 0.05) is 37.5 Å². The normalized spacial score (nSPS) is 32.0. The fourth-order valence-corrected chi connectivity index (χ4v) is 4.43. The Hall–Kier alpha value is -1.10. The highest BCUT2D eigenvalue weighted by Gasteiger charge is 2.33. The van der Waals surface area contributed by atoms with E-state index in [9.17, 15) is 9.59 Å². The topological polar surface area (TPSA) is 61.4 Å². The highest BCUT2D eigenvalue weighted by Crippen LogP contribution is 2.29. The Labute approximate surface area is 139 Å². The van der Waals surface area contributed by atoms with Gasteiger partial charge in [-0.05, 0) is 51.5 Å². The molecule has 0 spiro atoms. The zero-order valence-corrected chi connectivity index (χ0v) is 14.4. The van der Waals surface area contributed by atoms with Gasteiger partial charge >= 0.3 is 0 Å². The van der Waals surface area contributed by atoms with Crippen molar-refractivity contribution >= 4 is 11.8 Å². The Morgan fingerprint density at radius 3 is 2.26 bits per heavy atom. The first kappa shape index (κ1) is 16.7. The van der Waals surface area contributed by atoms with E-state index < -0.39 is 0 Å². The number of carbonyl (C=O) groups excluding carboxylic acids is 2. The number of hydrogen-bond acceptors (Lipinski definition) is 3. The van der Waals surface area contributed by atoms with Crippen LogP contribution in [0.3, 0.4) is 0 Å². The van der Waals surface area contributed by atoms with Gasteiger partial charge in [0.1, 0.15) is 0 Å². The van der Waals surface area contributed by atoms with E-state index >= 15 is 0 Å². The van der Waals surface area contributed by atoms with Crippen LogP contribution in [0.4, 0.5) is 0 Å². The van der Waals surface area contributed by atoms with Gasteiger partial charge in [-0.15, -0.1) is 0 Å². The minimum absolute atomic E-state index is 0.153. The first-order valence-corrected chi connectivity index (χ1v) is 9.43. The van der Waals surface area contributed by atoms with Crippen molar-refractivity contribution in [2.75, 3.05) is 20.1 Å². The second kappa shape index (κ2) is 7.65. The van der Waals surface area contributed by atoms with Crippen LogP contribution in [0.1, 0.15) is 57.8 Å². The summed E-state index contributed by atoms with van der Waals surface area (Å²) in [5, 5.41) is 6.56. The lowest BCUT2D eigenvalue weighted by atomic mass is 9.84. The second-order valence-corrected chi connectivity index (χ2v) is 7.63. The summed E-state index contributed by atoms with van der Waals surface area (Å²) in [6.07, 6.45) is 9.30. The molecule has 2 amide bonds. The van der Waals surface area contributed by atoms with E-state index in [0.717, 1.165) is 58.0 Å². The first-order valence-electron chi connectivity index (χ1n) is 9.43. The fraction of sp³-hybridized carbons (Fsp3) is 0.889. The van der Waals surface area contributed by atoms with Crippen molar-refractivity contribution in [2.45, 2.75) is 69.9 Å². The van der Waals surface area contributed by atoms with Gasteiger partial charge in [0.25, 0.3) is 0 Å². The maximum atomic E-state index is 12.6. The van der Waals surface area contributed by atoms with Crippen LogP contribution >= 0.6 is 0 Å². The monoisotopic (exact) mass is 321 g/mol. The Bertz CT molecular complexity index is 420. The molecule has 1 unspecified atom stereocenters. The third-order valence-corrected chi connectivity index (χ3v) is 6.08. The summed E-state index contributed by atoms with van der Waals surface area (Å²) in [7, 11) is 1.95. The van der Waals surface area contributed by atoms with Crippen LogP contribution in [0.2, 0.25) is 0 Å². The molecule has 0 radical (unpaired) electrons. The zero-order valence-electron chi connectivity index (χ0n) is 14.4. The number of rotatable bonds is 4. The predicted molar refractivity (Wildman–Crippen MR) is 89.9 cm³/mol. The molecule has 1 saturated heterocycles. The van der Waals surface area contributed by atoms with Crippen LogP contribution in [0, 0.1) is 11.8 Å². The van der Waals surface area contributed by atoms with E-state index in [1.54, 1.807) is 0 Å². The Morgan fingerprint density at radius 1 is 0.957 bits per heavy atom. The van der Waals surface area contributed by atoms with Crippen molar-refractivity contribution in [3.63, 3.8) is 0 Å². The van der Waals surface area contributed by atoms with Gasteiger partial charge in [-0.25, -0.2) is 0 Å². The van der Waals surface area contributed by atoms with Gasteiger partial charge in [-0.1, -0.05) is 12.8 Å². The highest BCUT2D eigenvalue weighted by molar-refractivity contribution is 5.80. The van der Waals surface area contributed by atoms with Gasteiger partial charge < -0.3 is 15.5 Å². The molecule has 5 nitrogen and oxygen atoms in total. The molecule has 2 N–H and O–H groups in total. The molecule has 0 aromatic heterocycles. The number of hydrogen-bond donors (Lipinski definition) is 2. The molecule has 1 heterocycles. The molecule has 5 heteroatoms. The van der Waals surface area contributed by atoms with Crippen LogP contribution < -0.4 is 10.6 Å². The fourth-order valence-electron chi connectivity index (χ4n) is 4.43. The molecule has 3 aliphatic rings. The van der Waals surface area contributed by atoms with E-state index in [1.165, 1.54) is 12.8 Å². The minimum atomic E-state index is 0.153. The molecule has 3 fully saturated rings. The van der Waals surface area contributed by atoms with Gasteiger partial charge in [0.2, 0.25) is 11.8 Å². The van der Waals surface area contributed by atoms with Crippen molar-refractivity contribution in [3.8, 4) is 0 Å². The molecular weight excluding hydrogens is 290 g/mol. The summed E-state index contributed by atoms with van der Waals surface area (Å²) in [5.41, 5.74) is 0. The molecule has 0 bridgehead atoms. The standard InChI is InChI=1S/C18H31N3O2/c1-21(16-10-11-19-12-16)18(23)14-6-8-15(9-7-14)20-17(22)13-4-2-3-5-13/h13-16,19H,2-12H2,1H3,(H,20,22).